The third kappa shape index (κ3) is 4.67. The smallest absolute Gasteiger partial charge is 0.248 e. The molecule has 2 N–H and O–H groups in total. The van der Waals surface area contributed by atoms with E-state index >= 15 is 0 Å². The Morgan fingerprint density at radius 3 is 2.77 bits per heavy atom. The number of carbonyl (C=O) groups is 3. The molecule has 8 nitrogen and oxygen atoms in total. The van der Waals surface area contributed by atoms with E-state index in [4.69, 9.17) is 0 Å². The first-order valence-corrected chi connectivity index (χ1v) is 11.7. The van der Waals surface area contributed by atoms with Gasteiger partial charge < -0.3 is 10.2 Å². The lowest BCUT2D eigenvalue weighted by molar-refractivity contribution is -0.158. The van der Waals surface area contributed by atoms with Crippen molar-refractivity contribution in [2.75, 3.05) is 18.4 Å². The quantitative estimate of drug-likeness (QED) is 0.372. The number of likely N-dealkylation sites (tertiary alicyclic amines) is 1. The van der Waals surface area contributed by atoms with E-state index in [0.717, 1.165) is 44.2 Å². The molecule has 1 saturated heterocycles. The molecular formula is C21H30N4O4S. The molecule has 1 spiro atoms. The molecule has 164 valence electrons. The molecule has 3 fully saturated rings. The minimum atomic E-state index is -0.529. The van der Waals surface area contributed by atoms with Crippen molar-refractivity contribution in [3.8, 4) is 0 Å². The van der Waals surface area contributed by atoms with Crippen LogP contribution < -0.4 is 5.32 Å². The zero-order chi connectivity index (χ0) is 21.3. The van der Waals surface area contributed by atoms with Gasteiger partial charge in [-0.1, -0.05) is 25.7 Å². The Morgan fingerprint density at radius 1 is 1.43 bits per heavy atom. The van der Waals surface area contributed by atoms with Gasteiger partial charge >= 0.3 is 0 Å². The van der Waals surface area contributed by atoms with E-state index in [9.17, 15) is 19.6 Å². The highest BCUT2D eigenvalue weighted by Gasteiger charge is 2.55. The minimum Gasteiger partial charge on any atom is -0.330 e. The molecule has 2 aliphatic carbocycles. The van der Waals surface area contributed by atoms with Crippen molar-refractivity contribution in [2.24, 2.45) is 17.3 Å². The maximum atomic E-state index is 13.6. The first-order chi connectivity index (χ1) is 14.4. The number of rotatable bonds is 8. The first kappa shape index (κ1) is 21.2. The van der Waals surface area contributed by atoms with Crippen LogP contribution >= 0.6 is 11.3 Å². The average Bonchev–Trinajstić information content (AvgIpc) is 3.08. The van der Waals surface area contributed by atoms with Crippen LogP contribution in [-0.4, -0.2) is 57.5 Å². The highest BCUT2D eigenvalue weighted by Crippen LogP contribution is 2.55. The van der Waals surface area contributed by atoms with Gasteiger partial charge in [-0.2, -0.15) is 0 Å². The SMILES string of the molecule is Cc1csc(NC(=O)C2CC3(CC3)CN2C(=O)[C@H](CC2CCCC2)CN(O)C=O)n1. The van der Waals surface area contributed by atoms with Crippen LogP contribution in [0.3, 0.4) is 0 Å². The van der Waals surface area contributed by atoms with Crippen LogP contribution in [0.2, 0.25) is 0 Å². The van der Waals surface area contributed by atoms with Crippen molar-refractivity contribution < 1.29 is 19.6 Å². The summed E-state index contributed by atoms with van der Waals surface area (Å²) in [5.41, 5.74) is 0.902. The Balaban J connectivity index is 1.50. The monoisotopic (exact) mass is 434 g/mol. The number of amides is 3. The molecule has 0 bridgehead atoms. The molecule has 1 unspecified atom stereocenters. The van der Waals surface area contributed by atoms with Gasteiger partial charge in [-0.25, -0.2) is 10.0 Å². The van der Waals surface area contributed by atoms with Crippen LogP contribution in [-0.2, 0) is 14.4 Å². The van der Waals surface area contributed by atoms with Gasteiger partial charge in [0.25, 0.3) is 0 Å². The highest BCUT2D eigenvalue weighted by molar-refractivity contribution is 7.13. The fourth-order valence-electron chi connectivity index (χ4n) is 5.07. The number of hydroxylamine groups is 2. The minimum absolute atomic E-state index is 0.0254. The maximum Gasteiger partial charge on any atom is 0.248 e. The third-order valence-corrected chi connectivity index (χ3v) is 7.75. The normalized spacial score (nSPS) is 23.5. The lowest BCUT2D eigenvalue weighted by Gasteiger charge is -2.30. The van der Waals surface area contributed by atoms with Crippen LogP contribution in [0.5, 0.6) is 0 Å². The van der Waals surface area contributed by atoms with Gasteiger partial charge in [0.05, 0.1) is 18.2 Å². The van der Waals surface area contributed by atoms with E-state index < -0.39 is 12.0 Å². The number of anilines is 1. The van der Waals surface area contributed by atoms with E-state index in [0.29, 0.717) is 41.9 Å². The van der Waals surface area contributed by atoms with E-state index in [2.05, 4.69) is 10.3 Å². The summed E-state index contributed by atoms with van der Waals surface area (Å²) < 4.78 is 0. The Hall–Kier alpha value is -2.00. The summed E-state index contributed by atoms with van der Waals surface area (Å²) in [5.74, 6) is -0.379. The summed E-state index contributed by atoms with van der Waals surface area (Å²) in [6.07, 6.45) is 8.20. The summed E-state index contributed by atoms with van der Waals surface area (Å²) in [6.45, 7) is 2.43. The van der Waals surface area contributed by atoms with Crippen LogP contribution in [0.1, 0.15) is 57.1 Å². The van der Waals surface area contributed by atoms with E-state index in [1.54, 1.807) is 4.90 Å². The predicted molar refractivity (Wildman–Crippen MR) is 112 cm³/mol. The van der Waals surface area contributed by atoms with Crippen LogP contribution in [0.15, 0.2) is 5.38 Å². The van der Waals surface area contributed by atoms with E-state index in [-0.39, 0.29) is 23.8 Å². The van der Waals surface area contributed by atoms with E-state index in [1.165, 1.54) is 11.3 Å². The van der Waals surface area contributed by atoms with Gasteiger partial charge in [-0.3, -0.25) is 19.6 Å². The Morgan fingerprint density at radius 2 is 2.17 bits per heavy atom. The molecule has 30 heavy (non-hydrogen) atoms. The summed E-state index contributed by atoms with van der Waals surface area (Å²) in [4.78, 5) is 43.6. The second-order valence-electron chi connectivity index (χ2n) is 9.28. The van der Waals surface area contributed by atoms with Crippen LogP contribution in [0, 0.1) is 24.2 Å². The van der Waals surface area contributed by atoms with Crippen molar-refractivity contribution in [3.63, 3.8) is 0 Å². The van der Waals surface area contributed by atoms with Gasteiger partial charge in [0, 0.05) is 11.9 Å². The summed E-state index contributed by atoms with van der Waals surface area (Å²) in [7, 11) is 0. The number of carbonyl (C=O) groups excluding carboxylic acids is 3. The molecule has 0 aromatic carbocycles. The largest absolute Gasteiger partial charge is 0.330 e. The average molecular weight is 435 g/mol. The van der Waals surface area contributed by atoms with Crippen molar-refractivity contribution in [1.29, 1.82) is 0 Å². The van der Waals surface area contributed by atoms with Crippen molar-refractivity contribution >= 4 is 34.7 Å². The Bertz CT molecular complexity index is 803. The molecule has 1 aliphatic heterocycles. The number of nitrogens with one attached hydrogen (secondary N) is 1. The summed E-state index contributed by atoms with van der Waals surface area (Å²) in [6, 6.07) is -0.529. The van der Waals surface area contributed by atoms with Gasteiger partial charge in [0.15, 0.2) is 5.13 Å². The lowest BCUT2D eigenvalue weighted by atomic mass is 9.91. The van der Waals surface area contributed by atoms with Gasteiger partial charge in [0.1, 0.15) is 6.04 Å². The van der Waals surface area contributed by atoms with Crippen molar-refractivity contribution in [1.82, 2.24) is 14.9 Å². The van der Waals surface area contributed by atoms with Gasteiger partial charge in [0.2, 0.25) is 18.2 Å². The van der Waals surface area contributed by atoms with Crippen LogP contribution in [0.25, 0.3) is 0 Å². The molecule has 0 radical (unpaired) electrons. The summed E-state index contributed by atoms with van der Waals surface area (Å²) >= 11 is 1.38. The number of aromatic nitrogens is 1. The number of nitrogens with zero attached hydrogens (tertiary/aromatic N) is 3. The molecule has 4 rings (SSSR count). The molecule has 1 aromatic rings. The number of hydrogen-bond donors (Lipinski definition) is 2. The molecule has 1 aromatic heterocycles. The molecule has 2 atom stereocenters. The number of hydrogen-bond acceptors (Lipinski definition) is 6. The third-order valence-electron chi connectivity index (χ3n) is 6.87. The topological polar surface area (TPSA) is 103 Å². The second-order valence-corrected chi connectivity index (χ2v) is 10.1. The summed E-state index contributed by atoms with van der Waals surface area (Å²) in [5, 5.41) is 15.7. The first-order valence-electron chi connectivity index (χ1n) is 10.8. The highest BCUT2D eigenvalue weighted by atomic mass is 32.1. The fourth-order valence-corrected chi connectivity index (χ4v) is 5.76. The van der Waals surface area contributed by atoms with Crippen molar-refractivity contribution in [2.45, 2.75) is 64.3 Å². The molecule has 3 amide bonds. The number of aryl methyl sites for hydroxylation is 1. The molecule has 2 saturated carbocycles. The standard InChI is InChI=1S/C21H30N4O4S/c1-14-11-30-20(22-14)23-18(27)17-9-21(6-7-21)12-25(17)19(28)16(10-24(29)13-26)8-15-4-2-3-5-15/h11,13,15-17,29H,2-10,12H2,1H3,(H,22,23,27)/t16-,17?/m1/s1. The molecule has 9 heteroatoms. The Labute approximate surface area is 180 Å². The van der Waals surface area contributed by atoms with Gasteiger partial charge in [-0.05, 0) is 43.9 Å². The van der Waals surface area contributed by atoms with Crippen molar-refractivity contribution in [3.05, 3.63) is 11.1 Å². The van der Waals surface area contributed by atoms with E-state index in [1.807, 2.05) is 12.3 Å². The lowest BCUT2D eigenvalue weighted by Crippen LogP contribution is -2.48. The zero-order valence-corrected chi connectivity index (χ0v) is 18.2. The molecule has 3 aliphatic rings. The maximum absolute atomic E-state index is 13.6. The Kier molecular flexibility index (Phi) is 6.11. The van der Waals surface area contributed by atoms with Crippen LogP contribution in [0.4, 0.5) is 5.13 Å². The molecule has 2 heterocycles. The number of thiazole rings is 1. The molecular weight excluding hydrogens is 404 g/mol. The predicted octanol–water partition coefficient (Wildman–Crippen LogP) is 2.82. The van der Waals surface area contributed by atoms with Gasteiger partial charge in [-0.15, -0.1) is 11.3 Å². The zero-order valence-electron chi connectivity index (χ0n) is 17.4. The second kappa shape index (κ2) is 8.63. The fraction of sp³-hybridized carbons (Fsp3) is 0.714.